The maximum atomic E-state index is 12.7. The van der Waals surface area contributed by atoms with Gasteiger partial charge in [0.05, 0.1) is 5.52 Å². The molecule has 5 heteroatoms. The normalized spacial score (nSPS) is 22.4. The van der Waals surface area contributed by atoms with E-state index < -0.39 is 0 Å². The molecule has 112 valence electrons. The van der Waals surface area contributed by atoms with Crippen LogP contribution in [-0.2, 0) is 0 Å². The molecule has 1 saturated carbocycles. The Hall–Kier alpha value is -2.04. The highest BCUT2D eigenvalue weighted by Gasteiger charge is 2.27. The minimum Gasteiger partial charge on any atom is -0.399 e. The molecular weight excluding hydrogens is 264 g/mol. The van der Waals surface area contributed by atoms with E-state index in [1.807, 2.05) is 24.1 Å². The highest BCUT2D eigenvalue weighted by molar-refractivity contribution is 6.05. The van der Waals surface area contributed by atoms with Crippen LogP contribution in [0.5, 0.6) is 0 Å². The molecule has 1 aliphatic rings. The van der Waals surface area contributed by atoms with Crippen molar-refractivity contribution in [1.29, 1.82) is 0 Å². The Morgan fingerprint density at radius 2 is 2.05 bits per heavy atom. The number of H-pyrrole nitrogens is 1. The molecule has 0 radical (unpaired) electrons. The third-order valence-corrected chi connectivity index (χ3v) is 4.64. The summed E-state index contributed by atoms with van der Waals surface area (Å²) in [4.78, 5) is 14.6. The van der Waals surface area contributed by atoms with Gasteiger partial charge in [-0.15, -0.1) is 0 Å². The van der Waals surface area contributed by atoms with Gasteiger partial charge in [0.2, 0.25) is 0 Å². The average molecular weight is 286 g/mol. The maximum absolute atomic E-state index is 12.7. The predicted octanol–water partition coefficient (Wildman–Crippen LogP) is 2.80. The summed E-state index contributed by atoms with van der Waals surface area (Å²) < 4.78 is 0. The van der Waals surface area contributed by atoms with Gasteiger partial charge in [-0.3, -0.25) is 9.89 Å². The number of nitrogen functional groups attached to an aromatic ring is 1. The number of amides is 1. The number of hydrogen-bond acceptors (Lipinski definition) is 3. The molecular formula is C16H22N4O. The summed E-state index contributed by atoms with van der Waals surface area (Å²) in [5, 5.41) is 7.91. The van der Waals surface area contributed by atoms with E-state index in [0.29, 0.717) is 17.4 Å². The monoisotopic (exact) mass is 286 g/mol. The van der Waals surface area contributed by atoms with Gasteiger partial charge in [0, 0.05) is 24.2 Å². The van der Waals surface area contributed by atoms with Crippen LogP contribution in [0.1, 0.15) is 43.1 Å². The first-order valence-electron chi connectivity index (χ1n) is 7.57. The van der Waals surface area contributed by atoms with Crippen molar-refractivity contribution in [3.8, 4) is 0 Å². The second kappa shape index (κ2) is 5.39. The number of carbonyl (C=O) groups excluding carboxylic acids is 1. The summed E-state index contributed by atoms with van der Waals surface area (Å²) >= 11 is 0. The van der Waals surface area contributed by atoms with Crippen molar-refractivity contribution >= 4 is 22.5 Å². The zero-order valence-corrected chi connectivity index (χ0v) is 12.6. The van der Waals surface area contributed by atoms with Gasteiger partial charge >= 0.3 is 0 Å². The van der Waals surface area contributed by atoms with Crippen molar-refractivity contribution in [3.63, 3.8) is 0 Å². The number of nitrogens with one attached hydrogen (secondary N) is 1. The first-order valence-corrected chi connectivity index (χ1v) is 7.57. The van der Waals surface area contributed by atoms with Gasteiger partial charge < -0.3 is 10.6 Å². The predicted molar refractivity (Wildman–Crippen MR) is 84.0 cm³/mol. The Morgan fingerprint density at radius 1 is 1.33 bits per heavy atom. The highest BCUT2D eigenvalue weighted by Crippen LogP contribution is 2.28. The van der Waals surface area contributed by atoms with Gasteiger partial charge in [0.25, 0.3) is 5.91 Å². The Balaban J connectivity index is 1.84. The molecule has 5 nitrogen and oxygen atoms in total. The van der Waals surface area contributed by atoms with E-state index in [1.54, 1.807) is 6.07 Å². The average Bonchev–Trinajstić information content (AvgIpc) is 2.89. The molecule has 0 saturated heterocycles. The van der Waals surface area contributed by atoms with E-state index in [1.165, 1.54) is 12.8 Å². The van der Waals surface area contributed by atoms with Crippen LogP contribution < -0.4 is 5.73 Å². The Morgan fingerprint density at radius 3 is 2.76 bits per heavy atom. The van der Waals surface area contributed by atoms with Gasteiger partial charge in [0.1, 0.15) is 0 Å². The van der Waals surface area contributed by atoms with Crippen molar-refractivity contribution in [2.45, 2.75) is 38.6 Å². The van der Waals surface area contributed by atoms with Gasteiger partial charge in [-0.05, 0) is 49.8 Å². The van der Waals surface area contributed by atoms with Crippen LogP contribution in [0.4, 0.5) is 5.69 Å². The molecule has 0 aliphatic heterocycles. The van der Waals surface area contributed by atoms with Crippen molar-refractivity contribution in [2.75, 3.05) is 12.8 Å². The highest BCUT2D eigenvalue weighted by atomic mass is 16.2. The molecule has 0 spiro atoms. The second-order valence-corrected chi connectivity index (χ2v) is 6.21. The van der Waals surface area contributed by atoms with E-state index in [2.05, 4.69) is 17.1 Å². The second-order valence-electron chi connectivity index (χ2n) is 6.21. The number of aromatic nitrogens is 2. The summed E-state index contributed by atoms with van der Waals surface area (Å²) in [6.45, 7) is 2.28. The smallest absolute Gasteiger partial charge is 0.274 e. The quantitative estimate of drug-likeness (QED) is 0.834. The number of carbonyl (C=O) groups is 1. The summed E-state index contributed by atoms with van der Waals surface area (Å²) in [7, 11) is 1.88. The van der Waals surface area contributed by atoms with E-state index in [-0.39, 0.29) is 5.91 Å². The summed E-state index contributed by atoms with van der Waals surface area (Å²) in [6.07, 6.45) is 4.54. The number of anilines is 1. The maximum Gasteiger partial charge on any atom is 0.274 e. The molecule has 1 amide bonds. The van der Waals surface area contributed by atoms with Crippen LogP contribution >= 0.6 is 0 Å². The SMILES string of the molecule is CC1CCC(N(C)C(=O)c2n[nH]c3ccc(N)cc23)CC1. The molecule has 0 atom stereocenters. The fourth-order valence-corrected chi connectivity index (χ4v) is 3.16. The van der Waals surface area contributed by atoms with Gasteiger partial charge in [-0.1, -0.05) is 6.92 Å². The first-order chi connectivity index (χ1) is 10.1. The molecule has 1 fully saturated rings. The lowest BCUT2D eigenvalue weighted by Crippen LogP contribution is -2.39. The Kier molecular flexibility index (Phi) is 3.57. The Bertz CT molecular complexity index is 655. The molecule has 1 aromatic carbocycles. The lowest BCUT2D eigenvalue weighted by molar-refractivity contribution is 0.0675. The van der Waals surface area contributed by atoms with Crippen molar-refractivity contribution in [2.24, 2.45) is 5.92 Å². The minimum atomic E-state index is -0.0218. The molecule has 0 bridgehead atoms. The van der Waals surface area contributed by atoms with E-state index in [4.69, 9.17) is 5.73 Å². The number of fused-ring (bicyclic) bond motifs is 1. The van der Waals surface area contributed by atoms with Crippen LogP contribution in [0.25, 0.3) is 10.9 Å². The van der Waals surface area contributed by atoms with E-state index in [9.17, 15) is 4.79 Å². The molecule has 3 N–H and O–H groups in total. The van der Waals surface area contributed by atoms with Crippen LogP contribution in [0, 0.1) is 5.92 Å². The number of nitrogens with two attached hydrogens (primary N) is 1. The van der Waals surface area contributed by atoms with Crippen molar-refractivity contribution in [1.82, 2.24) is 15.1 Å². The zero-order chi connectivity index (χ0) is 15.0. The van der Waals surface area contributed by atoms with Gasteiger partial charge in [0.15, 0.2) is 5.69 Å². The molecule has 2 aromatic rings. The Labute approximate surface area is 124 Å². The third-order valence-electron chi connectivity index (χ3n) is 4.64. The topological polar surface area (TPSA) is 75.0 Å². The third kappa shape index (κ3) is 2.60. The number of aromatic amines is 1. The van der Waals surface area contributed by atoms with Crippen LogP contribution in [0.3, 0.4) is 0 Å². The number of nitrogens with zero attached hydrogens (tertiary/aromatic N) is 2. The van der Waals surface area contributed by atoms with Crippen LogP contribution in [-0.4, -0.2) is 34.1 Å². The van der Waals surface area contributed by atoms with Crippen molar-refractivity contribution < 1.29 is 4.79 Å². The molecule has 1 heterocycles. The van der Waals surface area contributed by atoms with Gasteiger partial charge in [-0.25, -0.2) is 0 Å². The van der Waals surface area contributed by atoms with Gasteiger partial charge in [-0.2, -0.15) is 5.10 Å². The number of rotatable bonds is 2. The summed E-state index contributed by atoms with van der Waals surface area (Å²) in [5.74, 6) is 0.752. The summed E-state index contributed by atoms with van der Waals surface area (Å²) in [6, 6.07) is 5.79. The fourth-order valence-electron chi connectivity index (χ4n) is 3.16. The zero-order valence-electron chi connectivity index (χ0n) is 12.6. The molecule has 21 heavy (non-hydrogen) atoms. The standard InChI is InChI=1S/C16H22N4O/c1-10-3-6-12(7-4-10)20(2)16(21)15-13-9-11(17)5-8-14(13)18-19-15/h5,8-10,12H,3-4,6-7,17H2,1-2H3,(H,18,19). The fraction of sp³-hybridized carbons (Fsp3) is 0.500. The number of hydrogen-bond donors (Lipinski definition) is 2. The molecule has 0 unspecified atom stereocenters. The number of benzene rings is 1. The van der Waals surface area contributed by atoms with E-state index in [0.717, 1.165) is 29.7 Å². The van der Waals surface area contributed by atoms with Crippen LogP contribution in [0.15, 0.2) is 18.2 Å². The first kappa shape index (κ1) is 13.9. The summed E-state index contributed by atoms with van der Waals surface area (Å²) in [5.41, 5.74) is 7.78. The van der Waals surface area contributed by atoms with Crippen molar-refractivity contribution in [3.05, 3.63) is 23.9 Å². The minimum absolute atomic E-state index is 0.0218. The lowest BCUT2D eigenvalue weighted by atomic mass is 9.86. The largest absolute Gasteiger partial charge is 0.399 e. The molecule has 3 rings (SSSR count). The molecule has 1 aliphatic carbocycles. The lowest BCUT2D eigenvalue weighted by Gasteiger charge is -2.33. The van der Waals surface area contributed by atoms with Crippen LogP contribution in [0.2, 0.25) is 0 Å². The van der Waals surface area contributed by atoms with E-state index >= 15 is 0 Å². The molecule has 1 aromatic heterocycles.